The molecule has 2 heterocycles. The second kappa shape index (κ2) is 5.35. The van der Waals surface area contributed by atoms with Crippen molar-refractivity contribution in [2.24, 2.45) is 0 Å². The van der Waals surface area contributed by atoms with Crippen molar-refractivity contribution in [1.29, 1.82) is 0 Å². The van der Waals surface area contributed by atoms with Crippen LogP contribution in [-0.2, 0) is 9.59 Å². The van der Waals surface area contributed by atoms with Gasteiger partial charge in [-0.25, -0.2) is 0 Å². The summed E-state index contributed by atoms with van der Waals surface area (Å²) < 4.78 is 0. The Balaban J connectivity index is 1.62. The van der Waals surface area contributed by atoms with Crippen LogP contribution in [0.2, 0.25) is 0 Å². The Morgan fingerprint density at radius 1 is 1.21 bits per heavy atom. The van der Waals surface area contributed by atoms with Gasteiger partial charge < -0.3 is 9.80 Å². The fourth-order valence-electron chi connectivity index (χ4n) is 3.46. The Kier molecular flexibility index (Phi) is 3.58. The van der Waals surface area contributed by atoms with E-state index in [1.54, 1.807) is 9.80 Å². The van der Waals surface area contributed by atoms with Crippen LogP contribution in [-0.4, -0.2) is 47.3 Å². The van der Waals surface area contributed by atoms with Crippen molar-refractivity contribution in [2.75, 3.05) is 19.6 Å². The molecule has 1 aliphatic carbocycles. The van der Waals surface area contributed by atoms with E-state index in [1.807, 2.05) is 0 Å². The first-order valence-corrected chi connectivity index (χ1v) is 7.52. The van der Waals surface area contributed by atoms with Crippen molar-refractivity contribution in [2.45, 2.75) is 51.0 Å². The number of fused-ring (bicyclic) bond motifs is 1. The fourth-order valence-corrected chi connectivity index (χ4v) is 3.46. The summed E-state index contributed by atoms with van der Waals surface area (Å²) in [4.78, 5) is 28.1. The van der Waals surface area contributed by atoms with Crippen LogP contribution in [0.25, 0.3) is 0 Å². The lowest BCUT2D eigenvalue weighted by molar-refractivity contribution is -0.157. The number of nitrogens with zero attached hydrogens (tertiary/aromatic N) is 2. The van der Waals surface area contributed by atoms with Gasteiger partial charge in [0.05, 0.1) is 6.54 Å². The molecular weight excluding hydrogens is 240 g/mol. The molecule has 0 aromatic carbocycles. The van der Waals surface area contributed by atoms with E-state index in [2.05, 4.69) is 6.08 Å². The molecule has 1 unspecified atom stereocenters. The summed E-state index contributed by atoms with van der Waals surface area (Å²) in [6.07, 6.45) is 9.81. The lowest BCUT2D eigenvalue weighted by atomic mass is 9.98. The molecule has 1 atom stereocenters. The number of amides is 2. The third-order valence-corrected chi connectivity index (χ3v) is 4.58. The van der Waals surface area contributed by atoms with E-state index in [1.165, 1.54) is 24.8 Å². The smallest absolute Gasteiger partial charge is 0.245 e. The van der Waals surface area contributed by atoms with E-state index in [0.717, 1.165) is 38.8 Å². The van der Waals surface area contributed by atoms with E-state index < -0.39 is 0 Å². The first-order valence-electron chi connectivity index (χ1n) is 7.52. The molecule has 4 heteroatoms. The van der Waals surface area contributed by atoms with E-state index >= 15 is 0 Å². The Morgan fingerprint density at radius 3 is 2.89 bits per heavy atom. The van der Waals surface area contributed by atoms with Crippen LogP contribution in [0, 0.1) is 0 Å². The Labute approximate surface area is 114 Å². The second-order valence-corrected chi connectivity index (χ2v) is 5.86. The fraction of sp³-hybridized carbons (Fsp3) is 0.733. The molecule has 0 N–H and O–H groups in total. The van der Waals surface area contributed by atoms with E-state index in [0.29, 0.717) is 6.54 Å². The first-order chi connectivity index (χ1) is 9.25. The minimum Gasteiger partial charge on any atom is -0.331 e. The van der Waals surface area contributed by atoms with Crippen molar-refractivity contribution >= 4 is 11.8 Å². The molecule has 0 spiro atoms. The van der Waals surface area contributed by atoms with Crippen LogP contribution in [0.4, 0.5) is 0 Å². The number of carbonyl (C=O) groups excluding carboxylic acids is 2. The summed E-state index contributed by atoms with van der Waals surface area (Å²) >= 11 is 0. The average molecular weight is 262 g/mol. The highest BCUT2D eigenvalue weighted by Crippen LogP contribution is 2.25. The second-order valence-electron chi connectivity index (χ2n) is 5.86. The number of rotatable bonds is 3. The van der Waals surface area contributed by atoms with E-state index in [-0.39, 0.29) is 17.9 Å². The number of allylic oxidation sites excluding steroid dienone is 1. The molecular formula is C15H22N2O2. The standard InChI is InChI=1S/C15H22N2O2/c18-14-11-16(10-8-12-5-1-2-6-12)15(19)13-7-3-4-9-17(13)14/h5,13H,1-4,6-11H2. The minimum atomic E-state index is -0.160. The van der Waals surface area contributed by atoms with Gasteiger partial charge >= 0.3 is 0 Å². The Hall–Kier alpha value is -1.32. The number of hydrogen-bond donors (Lipinski definition) is 0. The maximum absolute atomic E-state index is 12.4. The van der Waals surface area contributed by atoms with Crippen LogP contribution in [0.1, 0.15) is 44.9 Å². The largest absolute Gasteiger partial charge is 0.331 e. The topological polar surface area (TPSA) is 40.6 Å². The van der Waals surface area contributed by atoms with Crippen molar-refractivity contribution in [3.8, 4) is 0 Å². The van der Waals surface area contributed by atoms with Crippen molar-refractivity contribution in [3.05, 3.63) is 11.6 Å². The number of piperazine rings is 1. The molecule has 2 amide bonds. The summed E-state index contributed by atoms with van der Waals surface area (Å²) in [7, 11) is 0. The highest BCUT2D eigenvalue weighted by molar-refractivity contribution is 5.95. The molecule has 3 rings (SSSR count). The van der Waals surface area contributed by atoms with Crippen molar-refractivity contribution < 1.29 is 9.59 Å². The zero-order valence-corrected chi connectivity index (χ0v) is 11.4. The van der Waals surface area contributed by atoms with Gasteiger partial charge in [-0.3, -0.25) is 9.59 Å². The SMILES string of the molecule is O=C1C2CCCCN2C(=O)CN1CCC1=CCCC1. The van der Waals surface area contributed by atoms with Gasteiger partial charge in [-0.2, -0.15) is 0 Å². The summed E-state index contributed by atoms with van der Waals surface area (Å²) in [5, 5.41) is 0. The van der Waals surface area contributed by atoms with Crippen LogP contribution in [0.3, 0.4) is 0 Å². The maximum Gasteiger partial charge on any atom is 0.245 e. The zero-order valence-electron chi connectivity index (χ0n) is 11.4. The molecule has 0 aromatic heterocycles. The Morgan fingerprint density at radius 2 is 2.11 bits per heavy atom. The molecule has 0 aromatic rings. The number of piperidine rings is 1. The summed E-state index contributed by atoms with van der Waals surface area (Å²) in [5.74, 6) is 0.322. The van der Waals surface area contributed by atoms with Gasteiger partial charge in [0, 0.05) is 13.1 Å². The molecule has 2 fully saturated rings. The molecule has 2 saturated heterocycles. The summed E-state index contributed by atoms with van der Waals surface area (Å²) in [6, 6.07) is -0.160. The third-order valence-electron chi connectivity index (χ3n) is 4.58. The van der Waals surface area contributed by atoms with Crippen LogP contribution < -0.4 is 0 Å². The molecule has 104 valence electrons. The third kappa shape index (κ3) is 2.53. The predicted octanol–water partition coefficient (Wildman–Crippen LogP) is 1.71. The lowest BCUT2D eigenvalue weighted by Crippen LogP contribution is -2.61. The number of hydrogen-bond acceptors (Lipinski definition) is 2. The predicted molar refractivity (Wildman–Crippen MR) is 72.5 cm³/mol. The van der Waals surface area contributed by atoms with Gasteiger partial charge in [0.1, 0.15) is 6.04 Å². The van der Waals surface area contributed by atoms with Crippen molar-refractivity contribution in [3.63, 3.8) is 0 Å². The summed E-state index contributed by atoms with van der Waals surface area (Å²) in [5.41, 5.74) is 1.46. The van der Waals surface area contributed by atoms with Crippen molar-refractivity contribution in [1.82, 2.24) is 9.80 Å². The molecule has 2 aliphatic heterocycles. The van der Waals surface area contributed by atoms with Crippen LogP contribution in [0.5, 0.6) is 0 Å². The molecule has 0 radical (unpaired) electrons. The van der Waals surface area contributed by atoms with Gasteiger partial charge in [0.15, 0.2) is 0 Å². The molecule has 0 saturated carbocycles. The first kappa shape index (κ1) is 12.7. The quantitative estimate of drug-likeness (QED) is 0.726. The van der Waals surface area contributed by atoms with Gasteiger partial charge in [0.25, 0.3) is 0 Å². The minimum absolute atomic E-state index is 0.143. The monoisotopic (exact) mass is 262 g/mol. The van der Waals surface area contributed by atoms with Gasteiger partial charge in [-0.05, 0) is 44.9 Å². The van der Waals surface area contributed by atoms with E-state index in [9.17, 15) is 9.59 Å². The molecule has 4 nitrogen and oxygen atoms in total. The normalized spacial score (nSPS) is 27.6. The van der Waals surface area contributed by atoms with Gasteiger partial charge in [-0.15, -0.1) is 0 Å². The zero-order chi connectivity index (χ0) is 13.2. The van der Waals surface area contributed by atoms with Crippen LogP contribution >= 0.6 is 0 Å². The molecule has 19 heavy (non-hydrogen) atoms. The number of carbonyl (C=O) groups is 2. The van der Waals surface area contributed by atoms with Gasteiger partial charge in [0.2, 0.25) is 11.8 Å². The average Bonchev–Trinajstić information content (AvgIpc) is 2.95. The lowest BCUT2D eigenvalue weighted by Gasteiger charge is -2.42. The molecule has 0 bridgehead atoms. The highest BCUT2D eigenvalue weighted by atomic mass is 16.2. The van der Waals surface area contributed by atoms with Gasteiger partial charge in [-0.1, -0.05) is 11.6 Å². The van der Waals surface area contributed by atoms with E-state index in [4.69, 9.17) is 0 Å². The highest BCUT2D eigenvalue weighted by Gasteiger charge is 2.39. The van der Waals surface area contributed by atoms with Crippen LogP contribution in [0.15, 0.2) is 11.6 Å². The molecule has 3 aliphatic rings. The summed E-state index contributed by atoms with van der Waals surface area (Å²) in [6.45, 7) is 1.79. The maximum atomic E-state index is 12.4. The Bertz CT molecular complexity index is 416.